The number of hydrogen-bond donors (Lipinski definition) is 0. The fourth-order valence-electron chi connectivity index (χ4n) is 3.39. The Bertz CT molecular complexity index is 306. The molecule has 0 aromatic carbocycles. The van der Waals surface area contributed by atoms with Gasteiger partial charge in [0.15, 0.2) is 0 Å². The minimum Gasteiger partial charge on any atom is -0.103 e. The van der Waals surface area contributed by atoms with Crippen LogP contribution in [0.15, 0.2) is 23.8 Å². The van der Waals surface area contributed by atoms with E-state index < -0.39 is 0 Å². The first-order valence-electron chi connectivity index (χ1n) is 6.32. The number of rotatable bonds is 1. The summed E-state index contributed by atoms with van der Waals surface area (Å²) >= 11 is 0. The lowest BCUT2D eigenvalue weighted by Gasteiger charge is -2.43. The third-order valence-corrected chi connectivity index (χ3v) is 4.58. The van der Waals surface area contributed by atoms with Crippen LogP contribution in [0, 0.1) is 10.8 Å². The van der Waals surface area contributed by atoms with E-state index in [1.54, 1.807) is 11.1 Å². The number of hydrogen-bond acceptors (Lipinski definition) is 0. The topological polar surface area (TPSA) is 0 Å². The van der Waals surface area contributed by atoms with Crippen LogP contribution in [0.3, 0.4) is 0 Å². The van der Waals surface area contributed by atoms with Crippen LogP contribution in [0.1, 0.15) is 59.3 Å². The molecular formula is C15H24. The Morgan fingerprint density at radius 3 is 2.53 bits per heavy atom. The summed E-state index contributed by atoms with van der Waals surface area (Å²) in [5.41, 5.74) is 4.41. The third-order valence-electron chi connectivity index (χ3n) is 4.58. The van der Waals surface area contributed by atoms with E-state index in [0.717, 1.165) is 0 Å². The van der Waals surface area contributed by atoms with Crippen LogP contribution in [0.5, 0.6) is 0 Å². The summed E-state index contributed by atoms with van der Waals surface area (Å²) in [7, 11) is 0. The summed E-state index contributed by atoms with van der Waals surface area (Å²) < 4.78 is 0. The van der Waals surface area contributed by atoms with E-state index in [0.29, 0.717) is 10.8 Å². The zero-order valence-electron chi connectivity index (χ0n) is 10.5. The van der Waals surface area contributed by atoms with E-state index in [2.05, 4.69) is 33.4 Å². The van der Waals surface area contributed by atoms with Crippen molar-refractivity contribution in [1.82, 2.24) is 0 Å². The molecule has 1 unspecified atom stereocenters. The molecule has 15 heavy (non-hydrogen) atoms. The predicted molar refractivity (Wildman–Crippen MR) is 66.8 cm³/mol. The Balaban J connectivity index is 2.30. The second-order valence-corrected chi connectivity index (χ2v) is 6.35. The predicted octanol–water partition coefficient (Wildman–Crippen LogP) is 4.87. The zero-order valence-corrected chi connectivity index (χ0v) is 10.5. The van der Waals surface area contributed by atoms with E-state index >= 15 is 0 Å². The average molecular weight is 204 g/mol. The highest BCUT2D eigenvalue weighted by atomic mass is 14.4. The first-order chi connectivity index (χ1) is 6.97. The molecule has 0 saturated heterocycles. The smallest absolute Gasteiger partial charge is 0.0109 e. The van der Waals surface area contributed by atoms with E-state index in [9.17, 15) is 0 Å². The summed E-state index contributed by atoms with van der Waals surface area (Å²) in [5.74, 6) is 0. The lowest BCUT2D eigenvalue weighted by atomic mass is 9.62. The Morgan fingerprint density at radius 1 is 1.13 bits per heavy atom. The highest BCUT2D eigenvalue weighted by Crippen LogP contribution is 2.51. The highest BCUT2D eigenvalue weighted by Gasteiger charge is 2.36. The van der Waals surface area contributed by atoms with Crippen molar-refractivity contribution < 1.29 is 0 Å². The molecule has 2 aliphatic rings. The van der Waals surface area contributed by atoms with E-state index in [1.165, 1.54) is 38.5 Å². The lowest BCUT2D eigenvalue weighted by molar-refractivity contribution is 0.279. The van der Waals surface area contributed by atoms with Crippen molar-refractivity contribution in [1.29, 1.82) is 0 Å². The Kier molecular flexibility index (Phi) is 2.56. The molecule has 1 atom stereocenters. The van der Waals surface area contributed by atoms with Gasteiger partial charge in [-0.25, -0.2) is 0 Å². The summed E-state index contributed by atoms with van der Waals surface area (Å²) in [6.45, 7) is 11.2. The molecule has 0 aliphatic heterocycles. The molecule has 0 bridgehead atoms. The van der Waals surface area contributed by atoms with Crippen molar-refractivity contribution in [3.8, 4) is 0 Å². The summed E-state index contributed by atoms with van der Waals surface area (Å²) in [6, 6.07) is 0. The molecule has 0 fully saturated rings. The average Bonchev–Trinajstić information content (AvgIpc) is 2.17. The summed E-state index contributed by atoms with van der Waals surface area (Å²) in [4.78, 5) is 0. The van der Waals surface area contributed by atoms with Gasteiger partial charge in [-0.15, -0.1) is 6.58 Å². The first-order valence-corrected chi connectivity index (χ1v) is 6.32. The van der Waals surface area contributed by atoms with Crippen LogP contribution in [-0.2, 0) is 0 Å². The highest BCUT2D eigenvalue weighted by molar-refractivity contribution is 5.29. The Hall–Kier alpha value is -0.520. The normalized spacial score (nSPS) is 34.9. The fourth-order valence-corrected chi connectivity index (χ4v) is 3.39. The molecule has 84 valence electrons. The molecule has 0 heteroatoms. The van der Waals surface area contributed by atoms with E-state index in [4.69, 9.17) is 0 Å². The van der Waals surface area contributed by atoms with Gasteiger partial charge < -0.3 is 0 Å². The summed E-state index contributed by atoms with van der Waals surface area (Å²) in [6.07, 6.45) is 10.2. The maximum absolute atomic E-state index is 4.01. The second kappa shape index (κ2) is 3.50. The molecular weight excluding hydrogens is 180 g/mol. The van der Waals surface area contributed by atoms with Crippen molar-refractivity contribution in [3.05, 3.63) is 23.8 Å². The minimum absolute atomic E-state index is 0.381. The van der Waals surface area contributed by atoms with Gasteiger partial charge in [0.25, 0.3) is 0 Å². The quantitative estimate of drug-likeness (QED) is 0.535. The SMILES string of the molecule is C=CC1(C)CCC2=C(CCCC2(C)C)C1. The molecule has 0 aromatic rings. The van der Waals surface area contributed by atoms with Crippen molar-refractivity contribution in [2.75, 3.05) is 0 Å². The van der Waals surface area contributed by atoms with Crippen LogP contribution < -0.4 is 0 Å². The van der Waals surface area contributed by atoms with Crippen molar-refractivity contribution >= 4 is 0 Å². The summed E-state index contributed by atoms with van der Waals surface area (Å²) in [5, 5.41) is 0. The van der Waals surface area contributed by atoms with Gasteiger partial charge in [-0.1, -0.05) is 38.0 Å². The van der Waals surface area contributed by atoms with Gasteiger partial charge in [0, 0.05) is 0 Å². The second-order valence-electron chi connectivity index (χ2n) is 6.35. The van der Waals surface area contributed by atoms with Crippen LogP contribution in [0.25, 0.3) is 0 Å². The van der Waals surface area contributed by atoms with Gasteiger partial charge in [0.05, 0.1) is 0 Å². The van der Waals surface area contributed by atoms with Crippen LogP contribution in [-0.4, -0.2) is 0 Å². The van der Waals surface area contributed by atoms with Crippen molar-refractivity contribution in [2.24, 2.45) is 10.8 Å². The van der Waals surface area contributed by atoms with Gasteiger partial charge in [-0.05, 0) is 49.4 Å². The molecule has 0 radical (unpaired) electrons. The number of allylic oxidation sites excluding steroid dienone is 3. The van der Waals surface area contributed by atoms with Gasteiger partial charge >= 0.3 is 0 Å². The molecule has 0 spiro atoms. The van der Waals surface area contributed by atoms with Crippen LogP contribution >= 0.6 is 0 Å². The molecule has 2 rings (SSSR count). The Labute approximate surface area is 94.5 Å². The molecule has 0 N–H and O–H groups in total. The standard InChI is InChI=1S/C15H24/c1-5-15(4)10-8-13-12(11-15)7-6-9-14(13,2)3/h5H,1,6-11H2,2-4H3. The first kappa shape index (κ1) is 11.0. The molecule has 2 aliphatic carbocycles. The van der Waals surface area contributed by atoms with Crippen molar-refractivity contribution in [3.63, 3.8) is 0 Å². The van der Waals surface area contributed by atoms with Gasteiger partial charge in [-0.2, -0.15) is 0 Å². The largest absolute Gasteiger partial charge is 0.103 e. The monoisotopic (exact) mass is 204 g/mol. The molecule has 0 nitrogen and oxygen atoms in total. The third kappa shape index (κ3) is 1.91. The molecule has 0 heterocycles. The maximum atomic E-state index is 4.01. The fraction of sp³-hybridized carbons (Fsp3) is 0.733. The lowest BCUT2D eigenvalue weighted by Crippen LogP contribution is -2.29. The van der Waals surface area contributed by atoms with Crippen LogP contribution in [0.4, 0.5) is 0 Å². The Morgan fingerprint density at radius 2 is 1.87 bits per heavy atom. The minimum atomic E-state index is 0.381. The van der Waals surface area contributed by atoms with Gasteiger partial charge in [0.2, 0.25) is 0 Å². The van der Waals surface area contributed by atoms with Crippen LogP contribution in [0.2, 0.25) is 0 Å². The molecule has 0 amide bonds. The molecule has 0 saturated carbocycles. The van der Waals surface area contributed by atoms with E-state index in [-0.39, 0.29) is 0 Å². The molecule has 0 aromatic heterocycles. The van der Waals surface area contributed by atoms with E-state index in [1.807, 2.05) is 0 Å². The van der Waals surface area contributed by atoms with Gasteiger partial charge in [0.1, 0.15) is 0 Å². The zero-order chi connectivity index (χ0) is 11.1. The maximum Gasteiger partial charge on any atom is -0.0109 e. The van der Waals surface area contributed by atoms with Crippen molar-refractivity contribution in [2.45, 2.75) is 59.3 Å². The van der Waals surface area contributed by atoms with Gasteiger partial charge in [-0.3, -0.25) is 0 Å².